The SMILES string of the molecule is CC(C)(C)OC(=O)NCCN1C(=O)CNCC1=O. The maximum atomic E-state index is 11.4. The number of piperazine rings is 1. The summed E-state index contributed by atoms with van der Waals surface area (Å²) in [5, 5.41) is 5.19. The molecule has 18 heavy (non-hydrogen) atoms. The van der Waals surface area contributed by atoms with Crippen molar-refractivity contribution < 1.29 is 19.1 Å². The summed E-state index contributed by atoms with van der Waals surface area (Å²) in [5.74, 6) is -0.561. The minimum absolute atomic E-state index is 0.151. The van der Waals surface area contributed by atoms with Gasteiger partial charge in [-0.2, -0.15) is 0 Å². The van der Waals surface area contributed by atoms with Crippen molar-refractivity contribution in [1.29, 1.82) is 0 Å². The standard InChI is InChI=1S/C11H19N3O4/c1-11(2,3)18-10(17)13-4-5-14-8(15)6-12-7-9(14)16/h12H,4-7H2,1-3H3,(H,13,17). The van der Waals surface area contributed by atoms with Crippen LogP contribution in [0.1, 0.15) is 20.8 Å². The van der Waals surface area contributed by atoms with Gasteiger partial charge >= 0.3 is 6.09 Å². The van der Waals surface area contributed by atoms with Gasteiger partial charge in [-0.25, -0.2) is 4.79 Å². The zero-order valence-corrected chi connectivity index (χ0v) is 10.9. The van der Waals surface area contributed by atoms with Crippen molar-refractivity contribution in [3.63, 3.8) is 0 Å². The molecule has 0 aromatic rings. The second-order valence-corrected chi connectivity index (χ2v) is 4.97. The molecule has 0 atom stereocenters. The second kappa shape index (κ2) is 5.81. The summed E-state index contributed by atoms with van der Waals surface area (Å²) in [6, 6.07) is 0. The summed E-state index contributed by atoms with van der Waals surface area (Å²) in [7, 11) is 0. The van der Waals surface area contributed by atoms with Gasteiger partial charge in [-0.1, -0.05) is 0 Å². The van der Waals surface area contributed by atoms with E-state index >= 15 is 0 Å². The van der Waals surface area contributed by atoms with Crippen molar-refractivity contribution in [2.45, 2.75) is 26.4 Å². The average Bonchev–Trinajstić information content (AvgIpc) is 2.19. The number of nitrogens with one attached hydrogen (secondary N) is 2. The molecule has 0 aliphatic carbocycles. The number of ether oxygens (including phenoxy) is 1. The van der Waals surface area contributed by atoms with Crippen LogP contribution in [0, 0.1) is 0 Å². The van der Waals surface area contributed by atoms with Crippen LogP contribution >= 0.6 is 0 Å². The number of carbonyl (C=O) groups excluding carboxylic acids is 3. The Labute approximate surface area is 106 Å². The third-order valence-electron chi connectivity index (χ3n) is 2.16. The molecular formula is C11H19N3O4. The largest absolute Gasteiger partial charge is 0.444 e. The normalized spacial score (nSPS) is 16.7. The lowest BCUT2D eigenvalue weighted by Crippen LogP contribution is -2.54. The van der Waals surface area contributed by atoms with Gasteiger partial charge in [0.2, 0.25) is 11.8 Å². The first kappa shape index (κ1) is 14.4. The zero-order chi connectivity index (χ0) is 13.8. The quantitative estimate of drug-likeness (QED) is 0.664. The summed E-state index contributed by atoms with van der Waals surface area (Å²) in [5.41, 5.74) is -0.565. The van der Waals surface area contributed by atoms with Crippen LogP contribution in [-0.4, -0.2) is 54.6 Å². The zero-order valence-electron chi connectivity index (χ0n) is 10.9. The molecule has 102 valence electrons. The molecule has 1 saturated heterocycles. The number of imide groups is 1. The molecule has 3 amide bonds. The van der Waals surface area contributed by atoms with Gasteiger partial charge in [0.25, 0.3) is 0 Å². The van der Waals surface area contributed by atoms with Crippen molar-refractivity contribution in [2.24, 2.45) is 0 Å². The first-order valence-corrected chi connectivity index (χ1v) is 5.80. The van der Waals surface area contributed by atoms with Gasteiger partial charge in [-0.05, 0) is 20.8 Å². The smallest absolute Gasteiger partial charge is 0.407 e. The Kier molecular flexibility index (Phi) is 4.66. The van der Waals surface area contributed by atoms with Crippen molar-refractivity contribution in [3.05, 3.63) is 0 Å². The Morgan fingerprint density at radius 2 is 1.89 bits per heavy atom. The molecule has 0 unspecified atom stereocenters. The number of amides is 3. The molecular weight excluding hydrogens is 238 g/mol. The summed E-state index contributed by atoms with van der Waals surface area (Å²) in [6.45, 7) is 5.93. The van der Waals surface area contributed by atoms with Gasteiger partial charge in [0, 0.05) is 13.1 Å². The monoisotopic (exact) mass is 257 g/mol. The van der Waals surface area contributed by atoms with Crippen molar-refractivity contribution in [3.8, 4) is 0 Å². The third-order valence-corrected chi connectivity index (χ3v) is 2.16. The highest BCUT2D eigenvalue weighted by atomic mass is 16.6. The summed E-state index contributed by atoms with van der Waals surface area (Å²) >= 11 is 0. The van der Waals surface area contributed by atoms with E-state index in [2.05, 4.69) is 10.6 Å². The Morgan fingerprint density at radius 1 is 1.33 bits per heavy atom. The molecule has 0 radical (unpaired) electrons. The van der Waals surface area contributed by atoms with Gasteiger partial charge in [0.1, 0.15) is 5.60 Å². The van der Waals surface area contributed by atoms with Crippen LogP contribution in [0.4, 0.5) is 4.79 Å². The minimum atomic E-state index is -0.565. The Hall–Kier alpha value is -1.63. The van der Waals surface area contributed by atoms with E-state index in [1.54, 1.807) is 20.8 Å². The lowest BCUT2D eigenvalue weighted by Gasteiger charge is -2.26. The molecule has 0 spiro atoms. The topological polar surface area (TPSA) is 87.7 Å². The van der Waals surface area contributed by atoms with Crippen LogP contribution in [-0.2, 0) is 14.3 Å². The van der Waals surface area contributed by atoms with E-state index in [1.165, 1.54) is 0 Å². The second-order valence-electron chi connectivity index (χ2n) is 4.97. The van der Waals surface area contributed by atoms with Crippen LogP contribution in [0.2, 0.25) is 0 Å². The molecule has 0 bridgehead atoms. The van der Waals surface area contributed by atoms with Gasteiger partial charge in [-0.3, -0.25) is 19.8 Å². The van der Waals surface area contributed by atoms with Crippen LogP contribution < -0.4 is 10.6 Å². The fraction of sp³-hybridized carbons (Fsp3) is 0.727. The van der Waals surface area contributed by atoms with E-state index in [1.807, 2.05) is 0 Å². The molecule has 1 heterocycles. The lowest BCUT2D eigenvalue weighted by molar-refractivity contribution is -0.146. The molecule has 1 rings (SSSR count). The molecule has 7 heteroatoms. The fourth-order valence-corrected chi connectivity index (χ4v) is 1.44. The number of hydrogen-bond acceptors (Lipinski definition) is 5. The third kappa shape index (κ3) is 4.70. The molecule has 0 aromatic heterocycles. The number of rotatable bonds is 3. The molecule has 0 saturated carbocycles. The fourth-order valence-electron chi connectivity index (χ4n) is 1.44. The predicted molar refractivity (Wildman–Crippen MR) is 63.8 cm³/mol. The molecule has 7 nitrogen and oxygen atoms in total. The van der Waals surface area contributed by atoms with E-state index in [0.29, 0.717) is 0 Å². The van der Waals surface area contributed by atoms with Gasteiger partial charge < -0.3 is 10.1 Å². The highest BCUT2D eigenvalue weighted by Crippen LogP contribution is 2.06. The number of carbonyl (C=O) groups is 3. The average molecular weight is 257 g/mol. The summed E-state index contributed by atoms with van der Waals surface area (Å²) in [6.07, 6.45) is -0.558. The van der Waals surface area contributed by atoms with Crippen LogP contribution in [0.25, 0.3) is 0 Å². The van der Waals surface area contributed by atoms with E-state index in [9.17, 15) is 14.4 Å². The van der Waals surface area contributed by atoms with Gasteiger partial charge in [0.05, 0.1) is 13.1 Å². The molecule has 2 N–H and O–H groups in total. The molecule has 1 aliphatic heterocycles. The van der Waals surface area contributed by atoms with Crippen molar-refractivity contribution in [1.82, 2.24) is 15.5 Å². The number of nitrogens with zero attached hydrogens (tertiary/aromatic N) is 1. The number of hydrogen-bond donors (Lipinski definition) is 2. The van der Waals surface area contributed by atoms with Crippen molar-refractivity contribution >= 4 is 17.9 Å². The molecule has 1 fully saturated rings. The van der Waals surface area contributed by atoms with E-state index in [0.717, 1.165) is 4.90 Å². The Balaban J connectivity index is 2.30. The maximum Gasteiger partial charge on any atom is 0.407 e. The lowest BCUT2D eigenvalue weighted by atomic mass is 10.2. The van der Waals surface area contributed by atoms with Crippen LogP contribution in [0.5, 0.6) is 0 Å². The van der Waals surface area contributed by atoms with E-state index in [-0.39, 0.29) is 38.0 Å². The van der Waals surface area contributed by atoms with Crippen LogP contribution in [0.15, 0.2) is 0 Å². The summed E-state index contributed by atoms with van der Waals surface area (Å²) in [4.78, 5) is 35.3. The highest BCUT2D eigenvalue weighted by Gasteiger charge is 2.25. The number of alkyl carbamates (subject to hydrolysis) is 1. The van der Waals surface area contributed by atoms with Crippen LogP contribution in [0.3, 0.4) is 0 Å². The highest BCUT2D eigenvalue weighted by molar-refractivity contribution is 5.99. The minimum Gasteiger partial charge on any atom is -0.444 e. The first-order valence-electron chi connectivity index (χ1n) is 5.80. The van der Waals surface area contributed by atoms with Crippen molar-refractivity contribution in [2.75, 3.05) is 26.2 Å². The predicted octanol–water partition coefficient (Wildman–Crippen LogP) is -0.530. The van der Waals surface area contributed by atoms with E-state index in [4.69, 9.17) is 4.74 Å². The molecule has 1 aliphatic rings. The van der Waals surface area contributed by atoms with Gasteiger partial charge in [0.15, 0.2) is 0 Å². The summed E-state index contributed by atoms with van der Waals surface area (Å²) < 4.78 is 5.03. The van der Waals surface area contributed by atoms with Gasteiger partial charge in [-0.15, -0.1) is 0 Å². The Morgan fingerprint density at radius 3 is 2.39 bits per heavy atom. The molecule has 0 aromatic carbocycles. The first-order chi connectivity index (χ1) is 8.29. The van der Waals surface area contributed by atoms with E-state index < -0.39 is 11.7 Å². The maximum absolute atomic E-state index is 11.4. The Bertz CT molecular complexity index is 333.